The molecule has 70 heavy (non-hydrogen) atoms. The second-order valence-electron chi connectivity index (χ2n) is 17.1. The van der Waals surface area contributed by atoms with Crippen LogP contribution in [0, 0.1) is 14.3 Å². The Morgan fingerprint density at radius 2 is 0.571 bits per heavy atom. The van der Waals surface area contributed by atoms with Crippen LogP contribution >= 0.6 is 90.4 Å². The second-order valence-corrected chi connectivity index (χ2v) is 22.1. The minimum atomic E-state index is -0.452. The summed E-state index contributed by atoms with van der Waals surface area (Å²) < 4.78 is 32.0. The molecule has 0 bridgehead atoms. The average Bonchev–Trinajstić information content (AvgIpc) is 3.35. The van der Waals surface area contributed by atoms with Crippen LogP contribution in [-0.4, -0.2) is 46.5 Å². The molecule has 0 saturated heterocycles. The van der Waals surface area contributed by atoms with Crippen LogP contribution in [0.15, 0.2) is 121 Å². The van der Waals surface area contributed by atoms with Crippen LogP contribution in [0.4, 0.5) is 0 Å². The van der Waals surface area contributed by atoms with E-state index < -0.39 is 23.6 Å². The quantitative estimate of drug-likeness (QED) is 0.0458. The molecular weight excluding hydrogens is 1340 g/mol. The molecule has 0 aromatic heterocycles. The summed E-state index contributed by atoms with van der Waals surface area (Å²) in [6, 6.07) is 37.2. The molecule has 4 amide bonds. The van der Waals surface area contributed by atoms with Crippen molar-refractivity contribution in [2.45, 2.75) is 39.5 Å². The van der Waals surface area contributed by atoms with Crippen molar-refractivity contribution in [3.05, 3.63) is 158 Å². The molecule has 14 heteroatoms. The van der Waals surface area contributed by atoms with Gasteiger partial charge >= 0.3 is 0 Å². The van der Waals surface area contributed by atoms with Gasteiger partial charge in [-0.2, -0.15) is 0 Å². The van der Waals surface area contributed by atoms with Gasteiger partial charge in [0.25, 0.3) is 23.6 Å². The number of hydrogen-bond acceptors (Lipinski definition) is 8. The van der Waals surface area contributed by atoms with Crippen LogP contribution in [0.25, 0.3) is 43.1 Å². The highest BCUT2D eigenvalue weighted by Crippen LogP contribution is 2.58. The molecule has 0 unspecified atom stereocenters. The molecule has 0 N–H and O–H groups in total. The lowest BCUT2D eigenvalue weighted by Gasteiger charge is -2.32. The number of carbonyl (C=O) groups is 4. The summed E-state index contributed by atoms with van der Waals surface area (Å²) in [5.41, 5.74) is 1.10. The summed E-state index contributed by atoms with van der Waals surface area (Å²) in [5.74, 6) is 1.32. The van der Waals surface area contributed by atoms with Gasteiger partial charge in [-0.25, -0.2) is 0 Å². The molecule has 0 aliphatic carbocycles. The number of carbonyl (C=O) groups excluding carboxylic acids is 4. The zero-order valence-electron chi connectivity index (χ0n) is 37.5. The molecule has 10 nitrogen and oxygen atoms in total. The van der Waals surface area contributed by atoms with Gasteiger partial charge in [-0.3, -0.25) is 29.0 Å². The Morgan fingerprint density at radius 3 is 0.786 bits per heavy atom. The van der Waals surface area contributed by atoms with E-state index in [0.29, 0.717) is 78.9 Å². The SMILES string of the molecule is CCCCN1C(=O)c2cc(Oc3ccc(I)cc3)c3c4c(Oc5ccc(I)cc5)cc5c6c(cc(Oc7ccc(I)cc7)c(c7c(Oc8ccc(I)cc8)cc(c2c37)C1=O)c64)C(=O)N(CCCC)C5=O. The van der Waals surface area contributed by atoms with Crippen LogP contribution < -0.4 is 18.9 Å². The van der Waals surface area contributed by atoms with Gasteiger partial charge < -0.3 is 18.9 Å². The number of ether oxygens (including phenoxy) is 4. The van der Waals surface area contributed by atoms with Gasteiger partial charge in [0.1, 0.15) is 46.0 Å². The van der Waals surface area contributed by atoms with E-state index in [9.17, 15) is 0 Å². The summed E-state index contributed by atoms with van der Waals surface area (Å²) in [5, 5.41) is 3.72. The van der Waals surface area contributed by atoms with Gasteiger partial charge in [0.05, 0.1) is 22.3 Å². The lowest BCUT2D eigenvalue weighted by molar-refractivity contribution is 0.0593. The molecule has 2 aliphatic heterocycles. The molecule has 0 saturated carbocycles. The van der Waals surface area contributed by atoms with Gasteiger partial charge in [0.15, 0.2) is 0 Å². The smallest absolute Gasteiger partial charge is 0.261 e. The number of rotatable bonds is 14. The molecule has 2 heterocycles. The fraction of sp³-hybridized carbons (Fsp3) is 0.143. The van der Waals surface area contributed by atoms with E-state index in [1.165, 1.54) is 9.80 Å². The standard InChI is InChI=1S/C56H38I4N2O8/c1-3-5-23-61-53(63)37-25-41(67-33-15-7-29(57)8-16-33)47-49-43(69-35-19-11-31(59)12-20-35)27-39-46-40(56(66)62(55(39)65)24-6-4-2)28-44(70-36-21-13-32(60)14-22-36)50(52(46)49)48-42(68-34-17-9-30(58)10-18-34)26-38(54(61)64)45(37)51(47)48/h7-22,25-28H,3-6,23-24H2,1-2H3. The van der Waals surface area contributed by atoms with Crippen molar-refractivity contribution in [1.29, 1.82) is 0 Å². The van der Waals surface area contributed by atoms with Crippen molar-refractivity contribution in [3.63, 3.8) is 0 Å². The largest absolute Gasteiger partial charge is 0.457 e. The van der Waals surface area contributed by atoms with Crippen LogP contribution in [0.1, 0.15) is 81.0 Å². The Kier molecular flexibility index (Phi) is 12.8. The lowest BCUT2D eigenvalue weighted by Crippen LogP contribution is -2.41. The van der Waals surface area contributed by atoms with E-state index in [1.807, 2.05) is 111 Å². The molecule has 0 atom stereocenters. The maximum absolute atomic E-state index is 15.0. The number of nitrogens with zero attached hydrogens (tertiary/aromatic N) is 2. The van der Waals surface area contributed by atoms with Crippen molar-refractivity contribution in [1.82, 2.24) is 9.80 Å². The first-order valence-corrected chi connectivity index (χ1v) is 27.1. The first kappa shape index (κ1) is 47.0. The van der Waals surface area contributed by atoms with Crippen LogP contribution in [0.3, 0.4) is 0 Å². The van der Waals surface area contributed by atoms with E-state index in [4.69, 9.17) is 18.9 Å². The highest BCUT2D eigenvalue weighted by atomic mass is 127. The van der Waals surface area contributed by atoms with E-state index in [0.717, 1.165) is 27.1 Å². The van der Waals surface area contributed by atoms with Crippen molar-refractivity contribution in [3.8, 4) is 46.0 Å². The second kappa shape index (κ2) is 19.0. The first-order chi connectivity index (χ1) is 33.9. The Bertz CT molecular complexity index is 3170. The average molecular weight is 1370 g/mol. The highest BCUT2D eigenvalue weighted by molar-refractivity contribution is 14.1. The molecule has 0 fully saturated rings. The summed E-state index contributed by atoms with van der Waals surface area (Å²) in [7, 11) is 0. The number of amides is 4. The third kappa shape index (κ3) is 8.19. The van der Waals surface area contributed by atoms with Crippen LogP contribution in [0.2, 0.25) is 0 Å². The van der Waals surface area contributed by atoms with Crippen molar-refractivity contribution in [2.75, 3.05) is 13.1 Å². The van der Waals surface area contributed by atoms with Gasteiger partial charge in [-0.1, -0.05) is 26.7 Å². The normalized spacial score (nSPS) is 13.4. The van der Waals surface area contributed by atoms with Crippen molar-refractivity contribution >= 4 is 157 Å². The number of unbranched alkanes of at least 4 members (excludes halogenated alkanes) is 2. The molecule has 9 aromatic carbocycles. The Labute approximate surface area is 456 Å². The minimum absolute atomic E-state index is 0.215. The maximum atomic E-state index is 15.0. The fourth-order valence-electron chi connectivity index (χ4n) is 9.49. The van der Waals surface area contributed by atoms with E-state index in [1.54, 1.807) is 24.3 Å². The van der Waals surface area contributed by atoms with Gasteiger partial charge in [-0.15, -0.1) is 0 Å². The third-order valence-electron chi connectivity index (χ3n) is 12.7. The number of fused-ring (bicyclic) bond motifs is 2. The third-order valence-corrected chi connectivity index (χ3v) is 15.6. The van der Waals surface area contributed by atoms with Crippen molar-refractivity contribution in [2.24, 2.45) is 0 Å². The number of imide groups is 2. The summed E-state index contributed by atoms with van der Waals surface area (Å²) in [6.45, 7) is 4.46. The summed E-state index contributed by atoms with van der Waals surface area (Å²) >= 11 is 8.96. The molecule has 0 spiro atoms. The monoisotopic (exact) mass is 1370 g/mol. The number of benzene rings is 9. The van der Waals surface area contributed by atoms with Crippen LogP contribution in [-0.2, 0) is 0 Å². The molecule has 348 valence electrons. The molecule has 9 aromatic rings. The van der Waals surface area contributed by atoms with E-state index >= 15 is 19.2 Å². The van der Waals surface area contributed by atoms with Gasteiger partial charge in [0.2, 0.25) is 0 Å². The number of halogens is 4. The lowest BCUT2D eigenvalue weighted by atomic mass is 9.80. The summed E-state index contributed by atoms with van der Waals surface area (Å²) in [6.07, 6.45) is 2.74. The topological polar surface area (TPSA) is 112 Å². The molecular formula is C56H38I4N2O8. The van der Waals surface area contributed by atoms with Gasteiger partial charge in [-0.05, 0) is 225 Å². The number of hydrogen-bond donors (Lipinski definition) is 0. The summed E-state index contributed by atoms with van der Waals surface area (Å²) in [4.78, 5) is 62.7. The zero-order chi connectivity index (χ0) is 48.5. The Hall–Kier alpha value is -5.32. The highest BCUT2D eigenvalue weighted by Gasteiger charge is 2.41. The minimum Gasteiger partial charge on any atom is -0.457 e. The van der Waals surface area contributed by atoms with Crippen molar-refractivity contribution < 1.29 is 38.1 Å². The first-order valence-electron chi connectivity index (χ1n) is 22.7. The predicted molar refractivity (Wildman–Crippen MR) is 305 cm³/mol. The van der Waals surface area contributed by atoms with E-state index in [2.05, 4.69) is 90.4 Å². The van der Waals surface area contributed by atoms with E-state index in [-0.39, 0.29) is 58.3 Å². The zero-order valence-corrected chi connectivity index (χ0v) is 46.1. The van der Waals surface area contributed by atoms with Gasteiger partial charge in [0, 0.05) is 70.5 Å². The molecule has 11 rings (SSSR count). The Balaban J connectivity index is 1.39. The Morgan fingerprint density at radius 1 is 0.343 bits per heavy atom. The fourth-order valence-corrected chi connectivity index (χ4v) is 10.9. The maximum Gasteiger partial charge on any atom is 0.261 e. The predicted octanol–water partition coefficient (Wildman–Crippen LogP) is 16.1. The molecule has 0 radical (unpaired) electrons. The molecule has 2 aliphatic rings. The van der Waals surface area contributed by atoms with Crippen LogP contribution in [0.5, 0.6) is 46.0 Å².